The highest BCUT2D eigenvalue weighted by Crippen LogP contribution is 2.19. The molecular formula is C10H11ClN4O3. The molecule has 18 heavy (non-hydrogen) atoms. The SMILES string of the molecule is O=C(O)NCCn1c(CO)cc2nnc(Cl)cc21. The average Bonchev–Trinajstić information content (AvgIpc) is 2.66. The highest BCUT2D eigenvalue weighted by molar-refractivity contribution is 6.29. The molecule has 0 unspecified atom stereocenters. The maximum absolute atomic E-state index is 10.4. The van der Waals surface area contributed by atoms with Crippen molar-refractivity contribution in [3.63, 3.8) is 0 Å². The molecule has 0 saturated heterocycles. The fourth-order valence-corrected chi connectivity index (χ4v) is 1.89. The summed E-state index contributed by atoms with van der Waals surface area (Å²) in [6.07, 6.45) is -1.09. The molecule has 7 nitrogen and oxygen atoms in total. The molecule has 2 rings (SSSR count). The van der Waals surface area contributed by atoms with Crippen LogP contribution in [0.4, 0.5) is 4.79 Å². The Morgan fingerprint density at radius 2 is 2.22 bits per heavy atom. The number of nitrogens with one attached hydrogen (secondary N) is 1. The zero-order valence-electron chi connectivity index (χ0n) is 9.30. The van der Waals surface area contributed by atoms with Crippen LogP contribution in [-0.2, 0) is 13.2 Å². The Bertz CT molecular complexity index is 584. The first-order valence-corrected chi connectivity index (χ1v) is 5.58. The molecule has 0 saturated carbocycles. The number of nitrogens with zero attached hydrogens (tertiary/aromatic N) is 3. The van der Waals surface area contributed by atoms with Crippen molar-refractivity contribution in [3.05, 3.63) is 23.0 Å². The van der Waals surface area contributed by atoms with E-state index in [0.717, 1.165) is 0 Å². The van der Waals surface area contributed by atoms with E-state index in [1.54, 1.807) is 16.7 Å². The Hall–Kier alpha value is -1.86. The number of rotatable bonds is 4. The summed E-state index contributed by atoms with van der Waals surface area (Å²) in [5.74, 6) is 0. The third-order valence-electron chi connectivity index (χ3n) is 2.49. The third kappa shape index (κ3) is 2.52. The Kier molecular flexibility index (Phi) is 3.63. The molecule has 2 aromatic heterocycles. The summed E-state index contributed by atoms with van der Waals surface area (Å²) in [7, 11) is 0. The van der Waals surface area contributed by atoms with Crippen LogP contribution in [0, 0.1) is 0 Å². The number of carboxylic acid groups (broad SMARTS) is 1. The van der Waals surface area contributed by atoms with Crippen molar-refractivity contribution in [2.75, 3.05) is 6.54 Å². The van der Waals surface area contributed by atoms with E-state index < -0.39 is 6.09 Å². The van der Waals surface area contributed by atoms with Crippen LogP contribution in [0.15, 0.2) is 12.1 Å². The first-order chi connectivity index (χ1) is 8.61. The Morgan fingerprint density at radius 3 is 2.89 bits per heavy atom. The zero-order chi connectivity index (χ0) is 13.1. The van der Waals surface area contributed by atoms with Gasteiger partial charge in [-0.3, -0.25) is 0 Å². The molecule has 0 spiro atoms. The van der Waals surface area contributed by atoms with Gasteiger partial charge in [-0.25, -0.2) is 4.79 Å². The van der Waals surface area contributed by atoms with Crippen LogP contribution in [0.3, 0.4) is 0 Å². The summed E-state index contributed by atoms with van der Waals surface area (Å²) >= 11 is 5.77. The highest BCUT2D eigenvalue weighted by Gasteiger charge is 2.10. The van der Waals surface area contributed by atoms with E-state index in [9.17, 15) is 9.90 Å². The zero-order valence-corrected chi connectivity index (χ0v) is 10.1. The van der Waals surface area contributed by atoms with E-state index in [-0.39, 0.29) is 18.3 Å². The van der Waals surface area contributed by atoms with Crippen LogP contribution in [0.2, 0.25) is 5.15 Å². The molecular weight excluding hydrogens is 260 g/mol. The summed E-state index contributed by atoms with van der Waals surface area (Å²) in [5.41, 5.74) is 1.96. The Labute approximate surface area is 107 Å². The topological polar surface area (TPSA) is 100 Å². The molecule has 3 N–H and O–H groups in total. The molecule has 96 valence electrons. The van der Waals surface area contributed by atoms with E-state index in [4.69, 9.17) is 16.7 Å². The lowest BCUT2D eigenvalue weighted by atomic mass is 10.4. The van der Waals surface area contributed by atoms with E-state index in [1.807, 2.05) is 0 Å². The van der Waals surface area contributed by atoms with Crippen molar-refractivity contribution in [1.82, 2.24) is 20.1 Å². The van der Waals surface area contributed by atoms with Crippen molar-refractivity contribution >= 4 is 28.7 Å². The van der Waals surface area contributed by atoms with Gasteiger partial charge < -0.3 is 20.1 Å². The second-order valence-electron chi connectivity index (χ2n) is 3.61. The third-order valence-corrected chi connectivity index (χ3v) is 2.67. The van der Waals surface area contributed by atoms with Gasteiger partial charge >= 0.3 is 6.09 Å². The van der Waals surface area contributed by atoms with Gasteiger partial charge in [0.05, 0.1) is 12.1 Å². The molecule has 0 aliphatic heterocycles. The van der Waals surface area contributed by atoms with Crippen LogP contribution in [0.1, 0.15) is 5.69 Å². The molecule has 0 atom stereocenters. The van der Waals surface area contributed by atoms with E-state index in [1.165, 1.54) is 0 Å². The Balaban J connectivity index is 2.33. The van der Waals surface area contributed by atoms with Crippen LogP contribution in [0.5, 0.6) is 0 Å². The number of hydrogen-bond donors (Lipinski definition) is 3. The second-order valence-corrected chi connectivity index (χ2v) is 4.00. The van der Waals surface area contributed by atoms with Crippen LogP contribution in [0.25, 0.3) is 11.0 Å². The van der Waals surface area contributed by atoms with Gasteiger partial charge in [-0.05, 0) is 6.07 Å². The quantitative estimate of drug-likeness (QED) is 0.764. The minimum Gasteiger partial charge on any atom is -0.465 e. The van der Waals surface area contributed by atoms with Gasteiger partial charge in [-0.2, -0.15) is 0 Å². The predicted octanol–water partition coefficient (Wildman–Crippen LogP) is 0.845. The predicted molar refractivity (Wildman–Crippen MR) is 64.5 cm³/mol. The molecule has 0 aliphatic rings. The van der Waals surface area contributed by atoms with Crippen molar-refractivity contribution in [3.8, 4) is 0 Å². The van der Waals surface area contributed by atoms with E-state index in [0.29, 0.717) is 23.3 Å². The second kappa shape index (κ2) is 5.19. The standard InChI is InChI=1S/C10H11ClN4O3/c11-9-4-8-7(13-14-9)3-6(5-16)15(8)2-1-12-10(17)18/h3-4,12,16H,1-2,5H2,(H,17,18). The first kappa shape index (κ1) is 12.6. The molecule has 2 heterocycles. The van der Waals surface area contributed by atoms with Crippen LogP contribution < -0.4 is 5.32 Å². The van der Waals surface area contributed by atoms with Gasteiger partial charge in [0.25, 0.3) is 0 Å². The van der Waals surface area contributed by atoms with Crippen molar-refractivity contribution in [1.29, 1.82) is 0 Å². The fraction of sp³-hybridized carbons (Fsp3) is 0.300. The fourth-order valence-electron chi connectivity index (χ4n) is 1.75. The normalized spacial score (nSPS) is 10.8. The molecule has 0 aromatic carbocycles. The molecule has 0 fully saturated rings. The number of amides is 1. The molecule has 0 aliphatic carbocycles. The number of aliphatic hydroxyl groups is 1. The van der Waals surface area contributed by atoms with E-state index >= 15 is 0 Å². The summed E-state index contributed by atoms with van der Waals surface area (Å²) in [5, 5.41) is 27.9. The maximum atomic E-state index is 10.4. The van der Waals surface area contributed by atoms with Gasteiger partial charge in [-0.15, -0.1) is 10.2 Å². The summed E-state index contributed by atoms with van der Waals surface area (Å²) in [6.45, 7) is 0.445. The van der Waals surface area contributed by atoms with Gasteiger partial charge in [0.1, 0.15) is 5.52 Å². The number of aromatic nitrogens is 3. The number of carbonyl (C=O) groups is 1. The minimum atomic E-state index is -1.09. The monoisotopic (exact) mass is 270 g/mol. The van der Waals surface area contributed by atoms with Gasteiger partial charge in [0.15, 0.2) is 5.15 Å². The van der Waals surface area contributed by atoms with Gasteiger partial charge in [-0.1, -0.05) is 11.6 Å². The van der Waals surface area contributed by atoms with Crippen molar-refractivity contribution < 1.29 is 15.0 Å². The lowest BCUT2D eigenvalue weighted by Gasteiger charge is -2.08. The average molecular weight is 271 g/mol. The lowest BCUT2D eigenvalue weighted by molar-refractivity contribution is 0.194. The minimum absolute atomic E-state index is 0.166. The van der Waals surface area contributed by atoms with E-state index in [2.05, 4.69) is 15.5 Å². The summed E-state index contributed by atoms with van der Waals surface area (Å²) in [4.78, 5) is 10.4. The van der Waals surface area contributed by atoms with Crippen molar-refractivity contribution in [2.45, 2.75) is 13.2 Å². The first-order valence-electron chi connectivity index (χ1n) is 5.21. The van der Waals surface area contributed by atoms with Crippen molar-refractivity contribution in [2.24, 2.45) is 0 Å². The number of aliphatic hydroxyl groups excluding tert-OH is 1. The Morgan fingerprint density at radius 1 is 1.44 bits per heavy atom. The number of hydrogen-bond acceptors (Lipinski definition) is 4. The molecule has 0 radical (unpaired) electrons. The highest BCUT2D eigenvalue weighted by atomic mass is 35.5. The van der Waals surface area contributed by atoms with Crippen LogP contribution in [-0.4, -0.2) is 37.6 Å². The molecule has 0 bridgehead atoms. The van der Waals surface area contributed by atoms with Gasteiger partial charge in [0, 0.05) is 24.8 Å². The number of halogens is 1. The smallest absolute Gasteiger partial charge is 0.404 e. The molecule has 2 aromatic rings. The van der Waals surface area contributed by atoms with Gasteiger partial charge in [0.2, 0.25) is 0 Å². The molecule has 1 amide bonds. The number of fused-ring (bicyclic) bond motifs is 1. The maximum Gasteiger partial charge on any atom is 0.404 e. The van der Waals surface area contributed by atoms with Crippen LogP contribution >= 0.6 is 11.6 Å². The summed E-state index contributed by atoms with van der Waals surface area (Å²) < 4.78 is 1.76. The lowest BCUT2D eigenvalue weighted by Crippen LogP contribution is -2.25. The largest absolute Gasteiger partial charge is 0.465 e. The summed E-state index contributed by atoms with van der Waals surface area (Å²) in [6, 6.07) is 3.32. The molecule has 8 heteroatoms.